The predicted molar refractivity (Wildman–Crippen MR) is 147 cm³/mol. The Morgan fingerprint density at radius 3 is 2.36 bits per heavy atom. The van der Waals surface area contributed by atoms with Crippen LogP contribution in [0, 0.1) is 13.8 Å². The van der Waals surface area contributed by atoms with Gasteiger partial charge in [-0.25, -0.2) is 9.59 Å². The summed E-state index contributed by atoms with van der Waals surface area (Å²) < 4.78 is 11.6. The van der Waals surface area contributed by atoms with Crippen molar-refractivity contribution in [3.63, 3.8) is 0 Å². The fraction of sp³-hybridized carbons (Fsp3) is 0.194. The highest BCUT2D eigenvalue weighted by molar-refractivity contribution is 6.05. The fourth-order valence-corrected chi connectivity index (χ4v) is 4.90. The number of phenols is 1. The molecule has 1 unspecified atom stereocenters. The van der Waals surface area contributed by atoms with Crippen molar-refractivity contribution in [3.05, 3.63) is 99.6 Å². The van der Waals surface area contributed by atoms with E-state index in [4.69, 9.17) is 8.83 Å². The van der Waals surface area contributed by atoms with Gasteiger partial charge < -0.3 is 24.4 Å². The molecule has 0 aliphatic rings. The van der Waals surface area contributed by atoms with Crippen molar-refractivity contribution in [2.75, 3.05) is 0 Å². The van der Waals surface area contributed by atoms with E-state index in [1.165, 1.54) is 12.1 Å². The number of benzene rings is 3. The van der Waals surface area contributed by atoms with E-state index >= 15 is 0 Å². The van der Waals surface area contributed by atoms with Crippen LogP contribution in [0.15, 0.2) is 80.6 Å². The van der Waals surface area contributed by atoms with Crippen LogP contribution in [0.1, 0.15) is 28.7 Å². The molecule has 3 N–H and O–H groups in total. The molecule has 1 amide bonds. The number of aromatic hydroxyl groups is 1. The lowest BCUT2D eigenvalue weighted by atomic mass is 9.96. The van der Waals surface area contributed by atoms with Crippen molar-refractivity contribution in [3.8, 4) is 16.9 Å². The van der Waals surface area contributed by atoms with Gasteiger partial charge in [0.25, 0.3) is 0 Å². The Morgan fingerprint density at radius 2 is 1.67 bits per heavy atom. The van der Waals surface area contributed by atoms with E-state index in [2.05, 4.69) is 5.32 Å². The van der Waals surface area contributed by atoms with E-state index in [9.17, 15) is 24.6 Å². The van der Waals surface area contributed by atoms with Gasteiger partial charge in [0.15, 0.2) is 0 Å². The van der Waals surface area contributed by atoms with Crippen molar-refractivity contribution in [2.24, 2.45) is 0 Å². The third kappa shape index (κ3) is 5.13. The summed E-state index contributed by atoms with van der Waals surface area (Å²) in [7, 11) is 0. The third-order valence-corrected chi connectivity index (χ3v) is 7.04. The Kier molecular flexibility index (Phi) is 6.94. The molecule has 0 bridgehead atoms. The zero-order valence-corrected chi connectivity index (χ0v) is 21.5. The largest absolute Gasteiger partial charge is 0.508 e. The second-order valence-electron chi connectivity index (χ2n) is 9.59. The summed E-state index contributed by atoms with van der Waals surface area (Å²) >= 11 is 0. The number of amides is 1. The molecule has 198 valence electrons. The van der Waals surface area contributed by atoms with Gasteiger partial charge in [0.2, 0.25) is 5.91 Å². The number of carbonyl (C=O) groups is 2. The van der Waals surface area contributed by atoms with Gasteiger partial charge >= 0.3 is 11.6 Å². The lowest BCUT2D eigenvalue weighted by Crippen LogP contribution is -2.42. The fourth-order valence-electron chi connectivity index (χ4n) is 4.90. The van der Waals surface area contributed by atoms with Crippen LogP contribution in [-0.2, 0) is 22.4 Å². The minimum Gasteiger partial charge on any atom is -0.508 e. The summed E-state index contributed by atoms with van der Waals surface area (Å²) in [6.07, 6.45) is 1.76. The molecule has 2 aromatic heterocycles. The number of carbonyl (C=O) groups excluding carboxylic acids is 1. The van der Waals surface area contributed by atoms with E-state index in [-0.39, 0.29) is 25.0 Å². The molecule has 0 spiro atoms. The van der Waals surface area contributed by atoms with Crippen LogP contribution in [0.2, 0.25) is 0 Å². The van der Waals surface area contributed by atoms with Crippen molar-refractivity contribution < 1.29 is 28.6 Å². The van der Waals surface area contributed by atoms with Crippen LogP contribution in [0.4, 0.5) is 0 Å². The monoisotopic (exact) mass is 525 g/mol. The second kappa shape index (κ2) is 10.5. The first-order chi connectivity index (χ1) is 18.7. The molecule has 5 rings (SSSR count). The van der Waals surface area contributed by atoms with Crippen LogP contribution in [0.5, 0.6) is 5.75 Å². The molecule has 0 saturated carbocycles. The van der Waals surface area contributed by atoms with Gasteiger partial charge in [-0.05, 0) is 55.2 Å². The minimum atomic E-state index is -1.17. The molecule has 0 aliphatic carbocycles. The van der Waals surface area contributed by atoms with Gasteiger partial charge in [0, 0.05) is 40.3 Å². The Balaban J connectivity index is 1.40. The number of aryl methyl sites for hydroxylation is 2. The molecular formula is C31H27NO7. The SMILES string of the molecule is Cc1c(CCC(=O)NC(Cc2ccc(O)cc2)C(=O)O)c(=O)oc2c(C)c3occ(-c4ccccc4)c3cc12. The first kappa shape index (κ1) is 25.8. The van der Waals surface area contributed by atoms with Crippen molar-refractivity contribution in [1.29, 1.82) is 0 Å². The molecule has 0 fully saturated rings. The average Bonchev–Trinajstić information content (AvgIpc) is 3.35. The number of aliphatic carboxylic acids is 1. The Morgan fingerprint density at radius 1 is 0.949 bits per heavy atom. The maximum atomic E-state index is 12.9. The lowest BCUT2D eigenvalue weighted by molar-refractivity contribution is -0.141. The smallest absolute Gasteiger partial charge is 0.339 e. The minimum absolute atomic E-state index is 0.0578. The third-order valence-electron chi connectivity index (χ3n) is 7.04. The van der Waals surface area contributed by atoms with Crippen LogP contribution in [0.3, 0.4) is 0 Å². The zero-order valence-electron chi connectivity index (χ0n) is 21.5. The van der Waals surface area contributed by atoms with E-state index in [0.717, 1.165) is 21.9 Å². The van der Waals surface area contributed by atoms with Gasteiger partial charge in [-0.3, -0.25) is 4.79 Å². The van der Waals surface area contributed by atoms with Gasteiger partial charge in [-0.2, -0.15) is 0 Å². The molecule has 3 aromatic carbocycles. The molecule has 2 heterocycles. The van der Waals surface area contributed by atoms with Gasteiger partial charge in [-0.1, -0.05) is 42.5 Å². The standard InChI is InChI=1S/C31H27NO7/c1-17-22(12-13-27(34)32-26(30(35)36)14-19-8-10-21(33)11-9-19)31(37)39-29-18(2)28-24(15-23(17)29)25(16-38-28)20-6-4-3-5-7-20/h3-11,15-16,26,33H,12-14H2,1-2H3,(H,32,34)(H,35,36). The Hall–Kier alpha value is -4.85. The molecular weight excluding hydrogens is 498 g/mol. The normalized spacial score (nSPS) is 12.1. The summed E-state index contributed by atoms with van der Waals surface area (Å²) in [4.78, 5) is 37.4. The lowest BCUT2D eigenvalue weighted by Gasteiger charge is -2.15. The second-order valence-corrected chi connectivity index (χ2v) is 9.59. The van der Waals surface area contributed by atoms with Crippen molar-refractivity contribution in [2.45, 2.75) is 39.2 Å². The zero-order chi connectivity index (χ0) is 27.7. The van der Waals surface area contributed by atoms with Gasteiger partial charge in [0.05, 0.1) is 6.26 Å². The predicted octanol–water partition coefficient (Wildman–Crippen LogP) is 5.27. The van der Waals surface area contributed by atoms with Crippen LogP contribution in [-0.4, -0.2) is 28.1 Å². The van der Waals surface area contributed by atoms with Crippen LogP contribution in [0.25, 0.3) is 33.1 Å². The first-order valence-electron chi connectivity index (χ1n) is 12.6. The number of fused-ring (bicyclic) bond motifs is 2. The van der Waals surface area contributed by atoms with Crippen LogP contribution < -0.4 is 10.9 Å². The number of hydrogen-bond acceptors (Lipinski definition) is 6. The number of furan rings is 1. The Bertz CT molecular complexity index is 1750. The first-order valence-corrected chi connectivity index (χ1v) is 12.6. The summed E-state index contributed by atoms with van der Waals surface area (Å²) in [6.45, 7) is 3.67. The highest BCUT2D eigenvalue weighted by atomic mass is 16.4. The van der Waals surface area contributed by atoms with Gasteiger partial charge in [-0.15, -0.1) is 0 Å². The van der Waals surface area contributed by atoms with Gasteiger partial charge in [0.1, 0.15) is 23.0 Å². The van der Waals surface area contributed by atoms with E-state index in [1.54, 1.807) is 18.4 Å². The molecule has 5 aromatic rings. The highest BCUT2D eigenvalue weighted by Crippen LogP contribution is 2.37. The summed E-state index contributed by atoms with van der Waals surface area (Å²) in [5.41, 5.74) is 4.91. The maximum Gasteiger partial charge on any atom is 0.339 e. The number of rotatable bonds is 8. The number of carboxylic acid groups (broad SMARTS) is 1. The van der Waals surface area contributed by atoms with Crippen LogP contribution >= 0.6 is 0 Å². The van der Waals surface area contributed by atoms with E-state index < -0.39 is 23.5 Å². The van der Waals surface area contributed by atoms with Crippen molar-refractivity contribution in [1.82, 2.24) is 5.32 Å². The molecule has 8 nitrogen and oxygen atoms in total. The summed E-state index contributed by atoms with van der Waals surface area (Å²) in [5.74, 6) is -1.60. The summed E-state index contributed by atoms with van der Waals surface area (Å²) in [5, 5.41) is 23.2. The number of carboxylic acids is 1. The maximum absolute atomic E-state index is 12.9. The van der Waals surface area contributed by atoms with E-state index in [0.29, 0.717) is 33.4 Å². The number of phenolic OH excluding ortho intramolecular Hbond substituents is 1. The quantitative estimate of drug-likeness (QED) is 0.235. The molecule has 0 saturated heterocycles. The molecule has 8 heteroatoms. The van der Waals surface area contributed by atoms with Crippen molar-refractivity contribution >= 4 is 33.8 Å². The highest BCUT2D eigenvalue weighted by Gasteiger charge is 2.22. The topological polar surface area (TPSA) is 130 Å². The number of hydrogen-bond donors (Lipinski definition) is 3. The molecule has 0 radical (unpaired) electrons. The summed E-state index contributed by atoms with van der Waals surface area (Å²) in [6, 6.07) is 16.8. The number of nitrogens with one attached hydrogen (secondary N) is 1. The van der Waals surface area contributed by atoms with E-state index in [1.807, 2.05) is 50.2 Å². The molecule has 1 atom stereocenters. The molecule has 0 aliphatic heterocycles. The Labute approximate surface area is 223 Å². The average molecular weight is 526 g/mol. The molecule has 39 heavy (non-hydrogen) atoms.